The maximum absolute atomic E-state index is 11.8. The number of nitrogens with one attached hydrogen (secondary N) is 1. The lowest BCUT2D eigenvalue weighted by molar-refractivity contribution is -0.153. The van der Waals surface area contributed by atoms with Gasteiger partial charge in [0, 0.05) is 6.20 Å². The zero-order valence-corrected chi connectivity index (χ0v) is 12.6. The molecule has 1 aromatic rings. The van der Waals surface area contributed by atoms with E-state index in [4.69, 9.17) is 14.7 Å². The van der Waals surface area contributed by atoms with Crippen LogP contribution in [-0.2, 0) is 14.3 Å². The Labute approximate surface area is 131 Å². The molecule has 2 unspecified atom stereocenters. The monoisotopic (exact) mass is 329 g/mol. The molecule has 0 radical (unpaired) electrons. The second-order valence-corrected chi connectivity index (χ2v) is 5.45. The molecule has 1 saturated heterocycles. The Hall–Kier alpha value is -2.01. The number of aromatic nitrogens is 2. The van der Waals surface area contributed by atoms with Crippen molar-refractivity contribution in [3.8, 4) is 0 Å². The van der Waals surface area contributed by atoms with Crippen molar-refractivity contribution in [1.29, 1.82) is 0 Å². The van der Waals surface area contributed by atoms with Crippen molar-refractivity contribution in [2.45, 2.75) is 38.4 Å². The third-order valence-corrected chi connectivity index (χ3v) is 3.42. The first kappa shape index (κ1) is 17.3. The highest BCUT2D eigenvalue weighted by Crippen LogP contribution is 2.28. The molecule has 2 rings (SSSR count). The first-order valence-corrected chi connectivity index (χ1v) is 7.02. The number of carbonyl (C=O) groups is 1. The van der Waals surface area contributed by atoms with Crippen LogP contribution in [0, 0.1) is 5.92 Å². The van der Waals surface area contributed by atoms with E-state index >= 15 is 0 Å². The van der Waals surface area contributed by atoms with Crippen molar-refractivity contribution in [3.63, 3.8) is 0 Å². The molecule has 10 nitrogen and oxygen atoms in total. The quantitative estimate of drug-likeness (QED) is 0.389. The van der Waals surface area contributed by atoms with Gasteiger partial charge < -0.3 is 19.7 Å². The Balaban J connectivity index is 2.10. The van der Waals surface area contributed by atoms with Gasteiger partial charge in [-0.2, -0.15) is 4.98 Å². The number of anilines is 1. The summed E-state index contributed by atoms with van der Waals surface area (Å²) in [5.41, 5.74) is 0.931. The number of aliphatic hydroxyl groups excluding tert-OH is 2. The molecule has 10 heteroatoms. The predicted octanol–water partition coefficient (Wildman–Crippen LogP) is -1.14. The first-order chi connectivity index (χ1) is 10.8. The molecule has 0 saturated carbocycles. The van der Waals surface area contributed by atoms with Crippen LogP contribution in [0.5, 0.6) is 0 Å². The highest BCUT2D eigenvalue weighted by atomic mass is 16.6. The highest BCUT2D eigenvalue weighted by molar-refractivity contribution is 5.71. The summed E-state index contributed by atoms with van der Waals surface area (Å²) in [6, 6.07) is 1.29. The van der Waals surface area contributed by atoms with E-state index in [0.717, 1.165) is 4.57 Å². The molecule has 1 aliphatic heterocycles. The molecule has 0 aliphatic carbocycles. The number of hydrogen-bond donors (Lipinski definition) is 4. The van der Waals surface area contributed by atoms with Crippen LogP contribution in [-0.4, -0.2) is 55.9 Å². The molecule has 0 bridgehead atoms. The number of esters is 1. The van der Waals surface area contributed by atoms with Gasteiger partial charge in [0.05, 0.1) is 5.92 Å². The Morgan fingerprint density at radius 3 is 2.74 bits per heavy atom. The normalized spacial score (nSPS) is 27.2. The molecular weight excluding hydrogens is 310 g/mol. The van der Waals surface area contributed by atoms with Crippen molar-refractivity contribution in [1.82, 2.24) is 9.55 Å². The van der Waals surface area contributed by atoms with E-state index in [-0.39, 0.29) is 18.3 Å². The van der Waals surface area contributed by atoms with Gasteiger partial charge in [-0.3, -0.25) is 20.0 Å². The molecule has 1 aromatic heterocycles. The number of carbonyl (C=O) groups excluding carboxylic acids is 1. The van der Waals surface area contributed by atoms with Gasteiger partial charge in [0.25, 0.3) is 0 Å². The zero-order valence-electron chi connectivity index (χ0n) is 12.6. The Kier molecular flexibility index (Phi) is 5.31. The van der Waals surface area contributed by atoms with E-state index in [0.29, 0.717) is 0 Å². The summed E-state index contributed by atoms with van der Waals surface area (Å²) in [5.74, 6) is -0.864. The number of aliphatic hydroxyl groups is 2. The molecular formula is C13H19N3O7. The third-order valence-electron chi connectivity index (χ3n) is 3.42. The van der Waals surface area contributed by atoms with Gasteiger partial charge in [-0.15, -0.1) is 0 Å². The molecule has 0 aromatic carbocycles. The number of hydrogen-bond acceptors (Lipinski definition) is 9. The fourth-order valence-corrected chi connectivity index (χ4v) is 2.10. The number of nitrogens with zero attached hydrogens (tertiary/aromatic N) is 2. The molecule has 128 valence electrons. The predicted molar refractivity (Wildman–Crippen MR) is 75.6 cm³/mol. The minimum absolute atomic E-state index is 0.0679. The maximum Gasteiger partial charge on any atom is 0.351 e. The highest BCUT2D eigenvalue weighted by Gasteiger charge is 2.44. The molecule has 0 amide bonds. The van der Waals surface area contributed by atoms with E-state index in [1.165, 1.54) is 12.3 Å². The van der Waals surface area contributed by atoms with Gasteiger partial charge in [-0.25, -0.2) is 4.79 Å². The van der Waals surface area contributed by atoms with Gasteiger partial charge in [0.15, 0.2) is 12.0 Å². The molecule has 1 fully saturated rings. The fourth-order valence-electron chi connectivity index (χ4n) is 2.10. The lowest BCUT2D eigenvalue weighted by atomic mass is 10.1. The largest absolute Gasteiger partial charge is 0.463 e. The van der Waals surface area contributed by atoms with Crippen molar-refractivity contribution < 1.29 is 29.7 Å². The SMILES string of the molecule is CC(C)C(=O)OCC1OC(n2ccc(NO)nc2=O)[C@H](O)[C@@H]1O. The fraction of sp³-hybridized carbons (Fsp3) is 0.615. The zero-order chi connectivity index (χ0) is 17.1. The van der Waals surface area contributed by atoms with Crippen LogP contribution in [0.25, 0.3) is 0 Å². The minimum Gasteiger partial charge on any atom is -0.463 e. The topological polar surface area (TPSA) is 143 Å². The van der Waals surface area contributed by atoms with Crippen LogP contribution < -0.4 is 11.2 Å². The standard InChI is InChI=1S/C13H19N3O7/c1-6(2)12(19)22-5-7-9(17)10(18)11(23-7)16-4-3-8(15-21)14-13(16)20/h3-4,6-7,9-11,17-18,21H,5H2,1-2H3,(H,14,15,20)/t7?,9-,10-,11?/m1/s1. The van der Waals surface area contributed by atoms with Gasteiger partial charge in [0.1, 0.15) is 24.9 Å². The average molecular weight is 329 g/mol. The van der Waals surface area contributed by atoms with Crippen LogP contribution in [0.4, 0.5) is 5.82 Å². The van der Waals surface area contributed by atoms with Gasteiger partial charge in [0.2, 0.25) is 0 Å². The van der Waals surface area contributed by atoms with Gasteiger partial charge in [-0.1, -0.05) is 13.8 Å². The molecule has 0 spiro atoms. The van der Waals surface area contributed by atoms with E-state index in [1.54, 1.807) is 19.3 Å². The van der Waals surface area contributed by atoms with Crippen LogP contribution in [0.15, 0.2) is 17.1 Å². The van der Waals surface area contributed by atoms with Crippen molar-refractivity contribution in [3.05, 3.63) is 22.7 Å². The van der Waals surface area contributed by atoms with Crippen LogP contribution in [0.3, 0.4) is 0 Å². The Bertz CT molecular complexity index is 618. The molecule has 23 heavy (non-hydrogen) atoms. The lowest BCUT2D eigenvalue weighted by Crippen LogP contribution is -2.36. The third kappa shape index (κ3) is 3.67. The summed E-state index contributed by atoms with van der Waals surface area (Å²) in [7, 11) is 0. The van der Waals surface area contributed by atoms with E-state index in [9.17, 15) is 19.8 Å². The average Bonchev–Trinajstić information content (AvgIpc) is 2.80. The molecule has 1 aliphatic rings. The van der Waals surface area contributed by atoms with Crippen molar-refractivity contribution in [2.75, 3.05) is 12.1 Å². The minimum atomic E-state index is -1.40. The Morgan fingerprint density at radius 2 is 2.17 bits per heavy atom. The summed E-state index contributed by atoms with van der Waals surface area (Å²) < 4.78 is 11.4. The number of rotatable bonds is 5. The smallest absolute Gasteiger partial charge is 0.351 e. The second-order valence-electron chi connectivity index (χ2n) is 5.45. The van der Waals surface area contributed by atoms with Crippen LogP contribution in [0.1, 0.15) is 20.1 Å². The molecule has 2 heterocycles. The summed E-state index contributed by atoms with van der Waals surface area (Å²) in [6.07, 6.45) is -3.63. The van der Waals surface area contributed by atoms with E-state index in [1.807, 2.05) is 0 Å². The summed E-state index contributed by atoms with van der Waals surface area (Å²) in [6.45, 7) is 3.08. The summed E-state index contributed by atoms with van der Waals surface area (Å²) in [4.78, 5) is 26.8. The van der Waals surface area contributed by atoms with Gasteiger partial charge >= 0.3 is 11.7 Å². The Morgan fingerprint density at radius 1 is 1.48 bits per heavy atom. The second kappa shape index (κ2) is 7.04. The van der Waals surface area contributed by atoms with Crippen LogP contribution in [0.2, 0.25) is 0 Å². The van der Waals surface area contributed by atoms with Crippen LogP contribution >= 0.6 is 0 Å². The lowest BCUT2D eigenvalue weighted by Gasteiger charge is -2.17. The number of ether oxygens (including phenoxy) is 2. The van der Waals surface area contributed by atoms with Crippen molar-refractivity contribution >= 4 is 11.8 Å². The van der Waals surface area contributed by atoms with E-state index < -0.39 is 36.2 Å². The molecule has 4 atom stereocenters. The molecule has 4 N–H and O–H groups in total. The van der Waals surface area contributed by atoms with E-state index in [2.05, 4.69) is 4.98 Å². The van der Waals surface area contributed by atoms with Crippen molar-refractivity contribution in [2.24, 2.45) is 5.92 Å². The summed E-state index contributed by atoms with van der Waals surface area (Å²) in [5, 5.41) is 28.7. The maximum atomic E-state index is 11.8. The first-order valence-electron chi connectivity index (χ1n) is 7.02. The van der Waals surface area contributed by atoms with Gasteiger partial charge in [-0.05, 0) is 6.07 Å². The summed E-state index contributed by atoms with van der Waals surface area (Å²) >= 11 is 0.